The van der Waals surface area contributed by atoms with Crippen LogP contribution in [-0.4, -0.2) is 34.0 Å². The molecule has 0 radical (unpaired) electrons. The molecule has 0 bridgehead atoms. The summed E-state index contributed by atoms with van der Waals surface area (Å²) < 4.78 is 45.3. The van der Waals surface area contributed by atoms with Crippen LogP contribution >= 0.6 is 0 Å². The number of aryl methyl sites for hydroxylation is 1. The van der Waals surface area contributed by atoms with Gasteiger partial charge < -0.3 is 14.4 Å². The van der Waals surface area contributed by atoms with E-state index in [1.54, 1.807) is 33.2 Å². The minimum Gasteiger partial charge on any atom is -0.481 e. The summed E-state index contributed by atoms with van der Waals surface area (Å²) in [5.74, 6) is -3.61. The molecule has 1 aromatic rings. The van der Waals surface area contributed by atoms with Crippen LogP contribution in [0.4, 0.5) is 13.2 Å². The minimum absolute atomic E-state index is 0.553. The number of nitrogens with zero attached hydrogens (tertiary/aromatic N) is 1. The van der Waals surface area contributed by atoms with E-state index >= 15 is 0 Å². The molecule has 9 heteroatoms. The summed E-state index contributed by atoms with van der Waals surface area (Å²) in [5, 5.41) is 12.2. The summed E-state index contributed by atoms with van der Waals surface area (Å²) >= 11 is 0. The number of alkyl halides is 3. The van der Waals surface area contributed by atoms with Gasteiger partial charge in [-0.05, 0) is 34.1 Å². The highest BCUT2D eigenvalue weighted by Crippen LogP contribution is 2.26. The van der Waals surface area contributed by atoms with Gasteiger partial charge in [0.2, 0.25) is 0 Å². The van der Waals surface area contributed by atoms with Crippen LogP contribution in [0.25, 0.3) is 0 Å². The molecule has 1 rings (SSSR count). The SMILES string of the molecule is CC(C)(C)OC(=O)CC(CCC(F)(F)F)C(=O)O.Cc1cnoc1. The van der Waals surface area contributed by atoms with Gasteiger partial charge in [-0.25, -0.2) is 0 Å². The first-order chi connectivity index (χ1) is 10.8. The van der Waals surface area contributed by atoms with Crippen molar-refractivity contribution in [3.05, 3.63) is 18.0 Å². The van der Waals surface area contributed by atoms with Gasteiger partial charge in [0.15, 0.2) is 0 Å². The zero-order chi connectivity index (χ0) is 19.0. The number of hydrogen-bond acceptors (Lipinski definition) is 5. The lowest BCUT2D eigenvalue weighted by atomic mass is 9.99. The van der Waals surface area contributed by atoms with Crippen molar-refractivity contribution in [3.8, 4) is 0 Å². The highest BCUT2D eigenvalue weighted by atomic mass is 19.4. The second-order valence-electron chi connectivity index (χ2n) is 6.18. The summed E-state index contributed by atoms with van der Waals surface area (Å²) in [7, 11) is 0. The Balaban J connectivity index is 0.000000728. The molecule has 0 fully saturated rings. The molecular weight excluding hydrogens is 331 g/mol. The number of esters is 1. The van der Waals surface area contributed by atoms with Crippen molar-refractivity contribution in [1.82, 2.24) is 5.16 Å². The van der Waals surface area contributed by atoms with Gasteiger partial charge in [0, 0.05) is 12.0 Å². The largest absolute Gasteiger partial charge is 0.481 e. The number of aromatic nitrogens is 1. The summed E-state index contributed by atoms with van der Waals surface area (Å²) in [6, 6.07) is 0. The number of aliphatic carboxylic acids is 1. The Morgan fingerprint density at radius 3 is 2.21 bits per heavy atom. The molecule has 0 aromatic carbocycles. The fourth-order valence-electron chi connectivity index (χ4n) is 1.49. The summed E-state index contributed by atoms with van der Waals surface area (Å²) in [6.07, 6.45) is -3.57. The number of carboxylic acids is 1. The van der Waals surface area contributed by atoms with Gasteiger partial charge in [-0.2, -0.15) is 13.2 Å². The summed E-state index contributed by atoms with van der Waals surface area (Å²) in [6.45, 7) is 6.71. The minimum atomic E-state index is -4.43. The zero-order valence-corrected chi connectivity index (χ0v) is 14.0. The van der Waals surface area contributed by atoms with Crippen LogP contribution in [0.2, 0.25) is 0 Å². The van der Waals surface area contributed by atoms with E-state index in [4.69, 9.17) is 9.84 Å². The van der Waals surface area contributed by atoms with Gasteiger partial charge in [-0.1, -0.05) is 5.16 Å². The number of carbonyl (C=O) groups excluding carboxylic acids is 1. The Bertz CT molecular complexity index is 506. The van der Waals surface area contributed by atoms with E-state index in [1.165, 1.54) is 0 Å². The fourth-order valence-corrected chi connectivity index (χ4v) is 1.49. The predicted molar refractivity (Wildman–Crippen MR) is 78.1 cm³/mol. The molecule has 1 aromatic heterocycles. The quantitative estimate of drug-likeness (QED) is 0.811. The molecule has 0 amide bonds. The highest BCUT2D eigenvalue weighted by molar-refractivity contribution is 5.78. The molecule has 24 heavy (non-hydrogen) atoms. The Morgan fingerprint density at radius 2 is 1.92 bits per heavy atom. The van der Waals surface area contributed by atoms with E-state index in [2.05, 4.69) is 9.68 Å². The predicted octanol–water partition coefficient (Wildman–Crippen LogP) is 3.74. The van der Waals surface area contributed by atoms with Gasteiger partial charge >= 0.3 is 18.1 Å². The number of halogens is 3. The normalized spacial score (nSPS) is 12.8. The van der Waals surface area contributed by atoms with Crippen molar-refractivity contribution in [3.63, 3.8) is 0 Å². The maximum atomic E-state index is 12.0. The van der Waals surface area contributed by atoms with Crippen LogP contribution in [0.1, 0.15) is 45.6 Å². The number of ether oxygens (including phenoxy) is 1. The smallest absolute Gasteiger partial charge is 0.389 e. The van der Waals surface area contributed by atoms with Crippen LogP contribution in [0.3, 0.4) is 0 Å². The molecule has 0 saturated carbocycles. The Morgan fingerprint density at radius 1 is 1.33 bits per heavy atom. The molecule has 138 valence electrons. The van der Waals surface area contributed by atoms with Crippen molar-refractivity contribution in [2.24, 2.45) is 5.92 Å². The third kappa shape index (κ3) is 12.5. The molecule has 0 aliphatic rings. The second-order valence-corrected chi connectivity index (χ2v) is 6.18. The lowest BCUT2D eigenvalue weighted by Gasteiger charge is -2.21. The van der Waals surface area contributed by atoms with Crippen LogP contribution in [-0.2, 0) is 14.3 Å². The van der Waals surface area contributed by atoms with Gasteiger partial charge in [0.25, 0.3) is 0 Å². The van der Waals surface area contributed by atoms with Crippen molar-refractivity contribution in [2.75, 3.05) is 0 Å². The molecule has 0 spiro atoms. The molecular formula is C15H22F3NO5. The number of carbonyl (C=O) groups is 2. The van der Waals surface area contributed by atoms with Crippen LogP contribution in [0.15, 0.2) is 17.0 Å². The first-order valence-corrected chi connectivity index (χ1v) is 7.17. The molecule has 0 saturated heterocycles. The van der Waals surface area contributed by atoms with E-state index in [0.717, 1.165) is 5.56 Å². The van der Waals surface area contributed by atoms with Crippen molar-refractivity contribution in [1.29, 1.82) is 0 Å². The van der Waals surface area contributed by atoms with Gasteiger partial charge in [0.05, 0.1) is 18.5 Å². The van der Waals surface area contributed by atoms with E-state index in [1.807, 2.05) is 6.92 Å². The summed E-state index contributed by atoms with van der Waals surface area (Å²) in [4.78, 5) is 22.1. The van der Waals surface area contributed by atoms with E-state index in [0.29, 0.717) is 0 Å². The first kappa shape index (κ1) is 21.9. The lowest BCUT2D eigenvalue weighted by Crippen LogP contribution is -2.28. The van der Waals surface area contributed by atoms with Gasteiger partial charge in [-0.15, -0.1) is 0 Å². The Labute approximate surface area is 138 Å². The molecule has 0 aliphatic heterocycles. The van der Waals surface area contributed by atoms with Crippen molar-refractivity contribution >= 4 is 11.9 Å². The molecule has 6 nitrogen and oxygen atoms in total. The monoisotopic (exact) mass is 353 g/mol. The van der Waals surface area contributed by atoms with E-state index < -0.39 is 48.9 Å². The zero-order valence-electron chi connectivity index (χ0n) is 14.0. The average molecular weight is 353 g/mol. The third-order valence-electron chi connectivity index (χ3n) is 2.51. The van der Waals surface area contributed by atoms with Crippen molar-refractivity contribution < 1.29 is 37.1 Å². The maximum absolute atomic E-state index is 12.0. The standard InChI is InChI=1S/C11H17F3O4.C4H5NO/c1-10(2,3)18-8(15)6-7(9(16)17)4-5-11(12,13)14;1-4-2-5-6-3-4/h7H,4-6H2,1-3H3,(H,16,17);2-3H,1H3. The Kier molecular flexibility index (Phi) is 8.49. The average Bonchev–Trinajstić information content (AvgIpc) is 2.82. The number of rotatable bonds is 5. The number of hydrogen-bond donors (Lipinski definition) is 1. The van der Waals surface area contributed by atoms with Gasteiger partial charge in [-0.3, -0.25) is 9.59 Å². The topological polar surface area (TPSA) is 89.6 Å². The molecule has 1 atom stereocenters. The number of carboxylic acid groups (broad SMARTS) is 1. The highest BCUT2D eigenvalue weighted by Gasteiger charge is 2.32. The lowest BCUT2D eigenvalue weighted by molar-refractivity contribution is -0.162. The summed E-state index contributed by atoms with van der Waals surface area (Å²) in [5.41, 5.74) is 0.277. The molecule has 1 unspecified atom stereocenters. The van der Waals surface area contributed by atoms with Crippen LogP contribution < -0.4 is 0 Å². The molecule has 1 N–H and O–H groups in total. The molecule has 0 aliphatic carbocycles. The first-order valence-electron chi connectivity index (χ1n) is 7.17. The molecule has 1 heterocycles. The van der Waals surface area contributed by atoms with Crippen LogP contribution in [0, 0.1) is 12.8 Å². The maximum Gasteiger partial charge on any atom is 0.389 e. The van der Waals surface area contributed by atoms with Gasteiger partial charge in [0.1, 0.15) is 11.9 Å². The van der Waals surface area contributed by atoms with E-state index in [-0.39, 0.29) is 0 Å². The third-order valence-corrected chi connectivity index (χ3v) is 2.51. The fraction of sp³-hybridized carbons (Fsp3) is 0.667. The second kappa shape index (κ2) is 9.29. The van der Waals surface area contributed by atoms with E-state index in [9.17, 15) is 22.8 Å². The van der Waals surface area contributed by atoms with Crippen molar-refractivity contribution in [2.45, 2.75) is 58.7 Å². The Hall–Kier alpha value is -2.06. The van der Waals surface area contributed by atoms with Crippen LogP contribution in [0.5, 0.6) is 0 Å².